The van der Waals surface area contributed by atoms with Crippen LogP contribution >= 0.6 is 0 Å². The van der Waals surface area contributed by atoms with Crippen molar-refractivity contribution in [2.75, 3.05) is 107 Å². The topological polar surface area (TPSA) is 232 Å². The fourth-order valence-corrected chi connectivity index (χ4v) is 2.83. The van der Waals surface area contributed by atoms with Gasteiger partial charge in [0.25, 0.3) is 23.6 Å². The second-order valence-corrected chi connectivity index (χ2v) is 8.58. The van der Waals surface area contributed by atoms with Gasteiger partial charge in [-0.2, -0.15) is 5.06 Å². The summed E-state index contributed by atoms with van der Waals surface area (Å²) in [6, 6.07) is 0. The SMILES string of the molecule is COCCOCCOCCOCC(=O)O.COCCOCCOCCOCC(=O)ON1C(=O)CCC1=O.O=C1CCC(=O)N1O. The van der Waals surface area contributed by atoms with Crippen molar-refractivity contribution in [1.82, 2.24) is 10.1 Å². The molecule has 19 heteroatoms. The van der Waals surface area contributed by atoms with Gasteiger partial charge in [-0.05, 0) is 0 Å². The van der Waals surface area contributed by atoms with E-state index in [-0.39, 0.29) is 57.2 Å². The van der Waals surface area contributed by atoms with Gasteiger partial charge in [0.15, 0.2) is 0 Å². The van der Waals surface area contributed by atoms with Crippen LogP contribution in [0.15, 0.2) is 0 Å². The van der Waals surface area contributed by atoms with Crippen LogP contribution in [0.4, 0.5) is 0 Å². The van der Waals surface area contributed by atoms with E-state index in [2.05, 4.69) is 4.84 Å². The lowest BCUT2D eigenvalue weighted by Crippen LogP contribution is -2.33. The summed E-state index contributed by atoms with van der Waals surface area (Å²) in [4.78, 5) is 68.9. The zero-order valence-electron chi connectivity index (χ0n) is 25.6. The number of hydroxylamine groups is 4. The first-order valence-corrected chi connectivity index (χ1v) is 13.9. The molecule has 0 radical (unpaired) electrons. The quantitative estimate of drug-likeness (QED) is 0.0730. The number of amides is 4. The molecular weight excluding hydrogens is 612 g/mol. The minimum atomic E-state index is -0.974. The third-order valence-electron chi connectivity index (χ3n) is 5.02. The molecule has 0 spiro atoms. The summed E-state index contributed by atoms with van der Waals surface area (Å²) in [5.74, 6) is -3.82. The van der Waals surface area contributed by atoms with E-state index in [1.54, 1.807) is 14.2 Å². The van der Waals surface area contributed by atoms with Crippen molar-refractivity contribution in [2.24, 2.45) is 0 Å². The number of ether oxygens (including phenoxy) is 8. The molecule has 0 atom stereocenters. The number of aliphatic carboxylic acids is 1. The second-order valence-electron chi connectivity index (χ2n) is 8.58. The van der Waals surface area contributed by atoms with Gasteiger partial charge in [0.1, 0.15) is 13.2 Å². The van der Waals surface area contributed by atoms with Crippen LogP contribution in [0.5, 0.6) is 0 Å². The van der Waals surface area contributed by atoms with Gasteiger partial charge in [0.05, 0.1) is 79.3 Å². The number of hydrogen-bond acceptors (Lipinski definition) is 16. The van der Waals surface area contributed by atoms with Gasteiger partial charge in [0.2, 0.25) is 0 Å². The van der Waals surface area contributed by atoms with Gasteiger partial charge in [-0.1, -0.05) is 0 Å². The van der Waals surface area contributed by atoms with Crippen molar-refractivity contribution in [2.45, 2.75) is 25.7 Å². The molecule has 2 aliphatic rings. The molecule has 2 rings (SSSR count). The maximum absolute atomic E-state index is 11.4. The van der Waals surface area contributed by atoms with Crippen molar-refractivity contribution < 1.29 is 81.8 Å². The molecule has 4 amide bonds. The maximum Gasteiger partial charge on any atom is 0.358 e. The van der Waals surface area contributed by atoms with Crippen molar-refractivity contribution in [1.29, 1.82) is 0 Å². The Balaban J connectivity index is 0.000000721. The normalized spacial score (nSPS) is 14.3. The maximum atomic E-state index is 11.4. The Kier molecular flexibility index (Phi) is 26.4. The van der Waals surface area contributed by atoms with E-state index >= 15 is 0 Å². The molecule has 0 saturated carbocycles. The molecule has 2 fully saturated rings. The Labute approximate surface area is 260 Å². The number of imide groups is 2. The summed E-state index contributed by atoms with van der Waals surface area (Å²) in [6.45, 7) is 4.50. The van der Waals surface area contributed by atoms with E-state index in [1.165, 1.54) is 0 Å². The van der Waals surface area contributed by atoms with Gasteiger partial charge in [-0.3, -0.25) is 24.4 Å². The van der Waals surface area contributed by atoms with Crippen molar-refractivity contribution >= 4 is 35.6 Å². The molecule has 0 aromatic rings. The fraction of sp³-hybridized carbons (Fsp3) is 0.769. The third kappa shape index (κ3) is 23.9. The molecule has 19 nitrogen and oxygen atoms in total. The molecule has 2 aliphatic heterocycles. The van der Waals surface area contributed by atoms with Crippen LogP contribution in [-0.2, 0) is 71.5 Å². The van der Waals surface area contributed by atoms with E-state index in [0.29, 0.717) is 71.1 Å². The zero-order valence-corrected chi connectivity index (χ0v) is 25.6. The molecule has 2 heterocycles. The molecule has 0 aliphatic carbocycles. The monoisotopic (exact) mass is 656 g/mol. The predicted octanol–water partition coefficient (Wildman–Crippen LogP) is -1.42. The highest BCUT2D eigenvalue weighted by Gasteiger charge is 2.32. The predicted molar refractivity (Wildman–Crippen MR) is 146 cm³/mol. The number of carbonyl (C=O) groups is 6. The zero-order chi connectivity index (χ0) is 33.7. The Morgan fingerprint density at radius 1 is 0.556 bits per heavy atom. The van der Waals surface area contributed by atoms with Gasteiger partial charge in [-0.25, -0.2) is 9.59 Å². The van der Waals surface area contributed by atoms with Crippen LogP contribution in [0.2, 0.25) is 0 Å². The molecular formula is C26H44N2O17. The molecule has 0 aromatic carbocycles. The van der Waals surface area contributed by atoms with Gasteiger partial charge >= 0.3 is 11.9 Å². The summed E-state index contributed by atoms with van der Waals surface area (Å²) in [5, 5.41) is 17.3. The lowest BCUT2D eigenvalue weighted by Gasteiger charge is -2.12. The van der Waals surface area contributed by atoms with Crippen LogP contribution in [0.3, 0.4) is 0 Å². The second kappa shape index (κ2) is 28.3. The summed E-state index contributed by atoms with van der Waals surface area (Å²) < 4.78 is 40.0. The molecule has 0 bridgehead atoms. The first-order chi connectivity index (χ1) is 21.6. The van der Waals surface area contributed by atoms with E-state index in [4.69, 9.17) is 48.2 Å². The van der Waals surface area contributed by atoms with Crippen LogP contribution in [-0.4, -0.2) is 163 Å². The van der Waals surface area contributed by atoms with E-state index in [0.717, 1.165) is 0 Å². The highest BCUT2D eigenvalue weighted by atomic mass is 16.7. The minimum absolute atomic E-state index is 0.0628. The smallest absolute Gasteiger partial charge is 0.358 e. The van der Waals surface area contributed by atoms with E-state index < -0.39 is 35.6 Å². The minimum Gasteiger partial charge on any atom is -0.480 e. The number of hydrogen-bond donors (Lipinski definition) is 2. The number of nitrogens with zero attached hydrogens (tertiary/aromatic N) is 2. The van der Waals surface area contributed by atoms with Crippen LogP contribution in [0.25, 0.3) is 0 Å². The number of methoxy groups -OCH3 is 2. The van der Waals surface area contributed by atoms with Gasteiger partial charge in [0, 0.05) is 39.9 Å². The lowest BCUT2D eigenvalue weighted by atomic mass is 10.4. The van der Waals surface area contributed by atoms with Crippen molar-refractivity contribution in [3.63, 3.8) is 0 Å². The number of carboxylic acid groups (broad SMARTS) is 1. The Morgan fingerprint density at radius 3 is 1.22 bits per heavy atom. The summed E-state index contributed by atoms with van der Waals surface area (Å²) >= 11 is 0. The van der Waals surface area contributed by atoms with Crippen molar-refractivity contribution in [3.05, 3.63) is 0 Å². The highest BCUT2D eigenvalue weighted by Crippen LogP contribution is 2.12. The van der Waals surface area contributed by atoms with Crippen molar-refractivity contribution in [3.8, 4) is 0 Å². The van der Waals surface area contributed by atoms with Crippen LogP contribution < -0.4 is 0 Å². The van der Waals surface area contributed by atoms with E-state index in [1.807, 2.05) is 0 Å². The first kappa shape index (κ1) is 41.9. The fourth-order valence-electron chi connectivity index (χ4n) is 2.83. The largest absolute Gasteiger partial charge is 0.480 e. The average molecular weight is 657 g/mol. The summed E-state index contributed by atoms with van der Waals surface area (Å²) in [6.07, 6.45) is 0.422. The van der Waals surface area contributed by atoms with E-state index in [9.17, 15) is 28.8 Å². The molecule has 2 saturated heterocycles. The average Bonchev–Trinajstić information content (AvgIpc) is 3.49. The van der Waals surface area contributed by atoms with Crippen LogP contribution in [0, 0.1) is 0 Å². The first-order valence-electron chi connectivity index (χ1n) is 13.9. The standard InChI is InChI=1S/C13H21NO8.C9H18O6.C4H5NO3/c1-18-4-5-19-6-7-20-8-9-21-10-13(17)22-14-11(15)2-3-12(14)16;1-12-2-3-13-4-5-14-6-7-15-8-9(10)11;6-3-1-2-4(7)5(3)8/h2-10H2,1H3;2-8H2,1H3,(H,10,11);8H,1-2H2. The number of rotatable bonds is 23. The summed E-state index contributed by atoms with van der Waals surface area (Å²) in [5.41, 5.74) is 0. The van der Waals surface area contributed by atoms with Gasteiger partial charge in [-0.15, -0.1) is 5.06 Å². The Bertz CT molecular complexity index is 840. The Morgan fingerprint density at radius 2 is 0.889 bits per heavy atom. The molecule has 260 valence electrons. The van der Waals surface area contributed by atoms with Crippen LogP contribution in [0.1, 0.15) is 25.7 Å². The molecule has 45 heavy (non-hydrogen) atoms. The summed E-state index contributed by atoms with van der Waals surface area (Å²) in [7, 11) is 3.21. The molecule has 0 aromatic heterocycles. The number of carbonyl (C=O) groups excluding carboxylic acids is 5. The highest BCUT2D eigenvalue weighted by molar-refractivity contribution is 6.01. The molecule has 0 unspecified atom stereocenters. The van der Waals surface area contributed by atoms with Gasteiger partial charge < -0.3 is 47.8 Å². The third-order valence-corrected chi connectivity index (χ3v) is 5.02. The molecule has 2 N–H and O–H groups in total. The Hall–Kier alpha value is -3.14. The number of carboxylic acids is 1. The lowest BCUT2D eigenvalue weighted by molar-refractivity contribution is -0.200.